The summed E-state index contributed by atoms with van der Waals surface area (Å²) in [4.78, 5) is 12.7. The molecule has 2 bridgehead atoms. The number of benzene rings is 1. The van der Waals surface area contributed by atoms with Crippen molar-refractivity contribution in [2.24, 2.45) is 22.2 Å². The first-order valence-corrected chi connectivity index (χ1v) is 9.71. The molecule has 1 aromatic rings. The van der Waals surface area contributed by atoms with E-state index < -0.39 is 0 Å². The van der Waals surface area contributed by atoms with E-state index in [1.165, 1.54) is 0 Å². The van der Waals surface area contributed by atoms with Crippen LogP contribution < -0.4 is 0 Å². The van der Waals surface area contributed by atoms with Crippen LogP contribution in [0.1, 0.15) is 69.7 Å². The topological polar surface area (TPSA) is 46.5 Å². The van der Waals surface area contributed by atoms with Crippen LogP contribution in [0, 0.1) is 22.2 Å². The maximum atomic E-state index is 12.7. The van der Waals surface area contributed by atoms with Gasteiger partial charge < -0.3 is 9.84 Å². The Morgan fingerprint density at radius 1 is 1.12 bits per heavy atom. The highest BCUT2D eigenvalue weighted by Crippen LogP contribution is 2.69. The Hall–Kier alpha value is -1.35. The zero-order valence-electron chi connectivity index (χ0n) is 15.6. The second kappa shape index (κ2) is 5.57. The summed E-state index contributed by atoms with van der Waals surface area (Å²) in [5.74, 6) is 0.379. The Kier molecular flexibility index (Phi) is 3.81. The lowest BCUT2D eigenvalue weighted by Gasteiger charge is -2.57. The summed E-state index contributed by atoms with van der Waals surface area (Å²) in [5.41, 5.74) is 0.840. The van der Waals surface area contributed by atoms with E-state index in [4.69, 9.17) is 4.74 Å². The van der Waals surface area contributed by atoms with Crippen LogP contribution >= 0.6 is 0 Å². The van der Waals surface area contributed by atoms with Crippen molar-refractivity contribution < 1.29 is 14.6 Å². The van der Waals surface area contributed by atoms with Crippen molar-refractivity contribution in [3.63, 3.8) is 0 Å². The maximum Gasteiger partial charge on any atom is 0.338 e. The SMILES string of the molecule is CC1(C)C[C@H](OC(=O)c2ccccc2)[C@@]23CC[C@@H](O)[C@@](C)(CC[C@H]12)C3. The van der Waals surface area contributed by atoms with E-state index in [0.717, 1.165) is 38.5 Å². The first kappa shape index (κ1) is 17.1. The third-order valence-electron chi connectivity index (χ3n) is 7.67. The number of esters is 1. The van der Waals surface area contributed by atoms with Crippen molar-refractivity contribution in [3.05, 3.63) is 35.9 Å². The van der Waals surface area contributed by atoms with Crippen molar-refractivity contribution in [3.8, 4) is 0 Å². The number of hydrogen-bond acceptors (Lipinski definition) is 3. The highest BCUT2D eigenvalue weighted by Gasteiger charge is 2.66. The Morgan fingerprint density at radius 3 is 2.56 bits per heavy atom. The predicted molar refractivity (Wildman–Crippen MR) is 97.2 cm³/mol. The van der Waals surface area contributed by atoms with E-state index in [1.807, 2.05) is 30.3 Å². The zero-order chi connectivity index (χ0) is 17.9. The minimum atomic E-state index is -0.215. The van der Waals surface area contributed by atoms with E-state index in [-0.39, 0.29) is 34.4 Å². The molecule has 3 nitrogen and oxygen atoms in total. The third kappa shape index (κ3) is 2.54. The van der Waals surface area contributed by atoms with Gasteiger partial charge in [0.2, 0.25) is 0 Å². The molecule has 5 atom stereocenters. The molecular formula is C22H30O3. The first-order valence-electron chi connectivity index (χ1n) is 9.71. The molecule has 0 amide bonds. The molecule has 0 heterocycles. The zero-order valence-corrected chi connectivity index (χ0v) is 15.6. The van der Waals surface area contributed by atoms with Crippen molar-refractivity contribution in [1.82, 2.24) is 0 Å². The van der Waals surface area contributed by atoms with E-state index in [9.17, 15) is 9.90 Å². The molecule has 4 rings (SSSR count). The van der Waals surface area contributed by atoms with Crippen molar-refractivity contribution in [1.29, 1.82) is 0 Å². The summed E-state index contributed by atoms with van der Waals surface area (Å²) in [6, 6.07) is 9.33. The molecule has 0 unspecified atom stereocenters. The number of hydrogen-bond donors (Lipinski definition) is 1. The van der Waals surface area contributed by atoms with Crippen molar-refractivity contribution in [2.45, 2.75) is 71.5 Å². The van der Waals surface area contributed by atoms with Gasteiger partial charge in [-0.3, -0.25) is 0 Å². The Morgan fingerprint density at radius 2 is 1.84 bits per heavy atom. The number of carbonyl (C=O) groups excluding carboxylic acids is 1. The summed E-state index contributed by atoms with van der Waals surface area (Å²) >= 11 is 0. The number of carbonyl (C=O) groups is 1. The second-order valence-electron chi connectivity index (χ2n) is 9.66. The smallest absolute Gasteiger partial charge is 0.338 e. The van der Waals surface area contributed by atoms with Crippen LogP contribution in [0.3, 0.4) is 0 Å². The highest BCUT2D eigenvalue weighted by molar-refractivity contribution is 5.89. The van der Waals surface area contributed by atoms with Crippen LogP contribution in [0.5, 0.6) is 0 Å². The average molecular weight is 342 g/mol. The van der Waals surface area contributed by atoms with E-state index in [2.05, 4.69) is 20.8 Å². The maximum absolute atomic E-state index is 12.7. The van der Waals surface area contributed by atoms with Crippen LogP contribution in [0.15, 0.2) is 30.3 Å². The standard InChI is InChI=1S/C22H30O3/c1-20(2)13-18(25-19(24)15-7-5-4-6-8-15)22-12-10-17(23)21(3,14-22)11-9-16(20)22/h4-8,16-18,23H,9-14H2,1-3H3/t16-,17-,18+,21+,22-/m1/s1. The van der Waals surface area contributed by atoms with Gasteiger partial charge >= 0.3 is 5.97 Å². The van der Waals surface area contributed by atoms with Gasteiger partial charge in [0.25, 0.3) is 0 Å². The van der Waals surface area contributed by atoms with E-state index in [0.29, 0.717) is 11.5 Å². The summed E-state index contributed by atoms with van der Waals surface area (Å²) < 4.78 is 6.14. The molecule has 3 heteroatoms. The fourth-order valence-corrected chi connectivity index (χ4v) is 6.45. The fraction of sp³-hybridized carbons (Fsp3) is 0.682. The van der Waals surface area contributed by atoms with E-state index >= 15 is 0 Å². The molecule has 25 heavy (non-hydrogen) atoms. The summed E-state index contributed by atoms with van der Waals surface area (Å²) in [6.07, 6.45) is 5.71. The quantitative estimate of drug-likeness (QED) is 0.800. The molecule has 1 aromatic carbocycles. The molecule has 1 N–H and O–H groups in total. The Balaban J connectivity index is 1.65. The number of aliphatic hydroxyl groups excluding tert-OH is 1. The first-order chi connectivity index (χ1) is 11.8. The van der Waals surface area contributed by atoms with Gasteiger partial charge in [-0.15, -0.1) is 0 Å². The third-order valence-corrected chi connectivity index (χ3v) is 7.67. The minimum Gasteiger partial charge on any atom is -0.458 e. The fourth-order valence-electron chi connectivity index (χ4n) is 6.45. The number of rotatable bonds is 2. The van der Waals surface area contributed by atoms with Crippen molar-refractivity contribution in [2.75, 3.05) is 0 Å². The minimum absolute atomic E-state index is 0.0213. The molecule has 3 saturated carbocycles. The molecular weight excluding hydrogens is 312 g/mol. The lowest BCUT2D eigenvalue weighted by atomic mass is 9.49. The molecule has 0 aromatic heterocycles. The number of ether oxygens (including phenoxy) is 1. The van der Waals surface area contributed by atoms with E-state index in [1.54, 1.807) is 0 Å². The molecule has 3 aliphatic rings. The highest BCUT2D eigenvalue weighted by atomic mass is 16.5. The average Bonchev–Trinajstić information content (AvgIpc) is 2.78. The molecule has 136 valence electrons. The Labute approximate surface area is 150 Å². The molecule has 0 aliphatic heterocycles. The molecule has 0 radical (unpaired) electrons. The lowest BCUT2D eigenvalue weighted by Crippen LogP contribution is -2.54. The predicted octanol–water partition coefficient (Wildman–Crippen LogP) is 4.59. The van der Waals surface area contributed by atoms with Gasteiger partial charge in [-0.05, 0) is 67.4 Å². The molecule has 3 aliphatic carbocycles. The summed E-state index contributed by atoms with van der Waals surface area (Å²) in [7, 11) is 0. The van der Waals surface area contributed by atoms with Crippen LogP contribution in [0.25, 0.3) is 0 Å². The number of aliphatic hydroxyl groups is 1. The number of fused-ring (bicyclic) bond motifs is 1. The summed E-state index contributed by atoms with van der Waals surface area (Å²) in [5, 5.41) is 10.6. The normalized spacial score (nSPS) is 41.8. The van der Waals surface area contributed by atoms with Crippen LogP contribution in [-0.2, 0) is 4.74 Å². The van der Waals surface area contributed by atoms with Gasteiger partial charge in [0.1, 0.15) is 6.10 Å². The van der Waals surface area contributed by atoms with Gasteiger partial charge in [0.15, 0.2) is 0 Å². The largest absolute Gasteiger partial charge is 0.458 e. The molecule has 0 saturated heterocycles. The van der Waals surface area contributed by atoms with Crippen LogP contribution in [0.4, 0.5) is 0 Å². The Bertz CT molecular complexity index is 667. The molecule has 3 fully saturated rings. The molecule has 1 spiro atoms. The second-order valence-corrected chi connectivity index (χ2v) is 9.66. The van der Waals surface area contributed by atoms with Crippen LogP contribution in [-0.4, -0.2) is 23.3 Å². The van der Waals surface area contributed by atoms with Gasteiger partial charge in [0, 0.05) is 5.41 Å². The lowest BCUT2D eigenvalue weighted by molar-refractivity contribution is -0.145. The monoisotopic (exact) mass is 342 g/mol. The van der Waals surface area contributed by atoms with Gasteiger partial charge in [-0.1, -0.05) is 39.0 Å². The van der Waals surface area contributed by atoms with Gasteiger partial charge in [-0.25, -0.2) is 4.79 Å². The van der Waals surface area contributed by atoms with Crippen molar-refractivity contribution >= 4 is 5.97 Å². The van der Waals surface area contributed by atoms with Gasteiger partial charge in [-0.2, -0.15) is 0 Å². The summed E-state index contributed by atoms with van der Waals surface area (Å²) in [6.45, 7) is 6.91. The van der Waals surface area contributed by atoms with Crippen LogP contribution in [0.2, 0.25) is 0 Å². The van der Waals surface area contributed by atoms with Gasteiger partial charge in [0.05, 0.1) is 11.7 Å².